The highest BCUT2D eigenvalue weighted by Crippen LogP contribution is 2.38. The Bertz CT molecular complexity index is 1150. The average Bonchev–Trinajstić information content (AvgIpc) is 3.16. The van der Waals surface area contributed by atoms with Crippen molar-refractivity contribution in [3.8, 4) is 0 Å². The minimum absolute atomic E-state index is 0.0881. The van der Waals surface area contributed by atoms with Crippen molar-refractivity contribution in [3.05, 3.63) is 87.4 Å². The van der Waals surface area contributed by atoms with Gasteiger partial charge in [-0.15, -0.1) is 0 Å². The first kappa shape index (κ1) is 18.4. The number of hydrogen-bond donors (Lipinski definition) is 2. The summed E-state index contributed by atoms with van der Waals surface area (Å²) in [6, 6.07) is 13.0. The number of allylic oxidation sites excluding steroid dienone is 1. The number of rotatable bonds is 4. The first-order valence-electron chi connectivity index (χ1n) is 8.95. The summed E-state index contributed by atoms with van der Waals surface area (Å²) in [5.74, 6) is 0.0479. The van der Waals surface area contributed by atoms with Crippen LogP contribution in [0.25, 0.3) is 0 Å². The molecule has 1 aliphatic rings. The number of carbonyl (C=O) groups excluding carboxylic acids is 1. The van der Waals surface area contributed by atoms with Crippen molar-refractivity contribution < 1.29 is 9.72 Å². The van der Waals surface area contributed by atoms with Gasteiger partial charge in [0.05, 0.1) is 16.1 Å². The lowest BCUT2D eigenvalue weighted by molar-refractivity contribution is -0.385. The van der Waals surface area contributed by atoms with Crippen LogP contribution in [-0.2, 0) is 4.79 Å². The van der Waals surface area contributed by atoms with E-state index in [0.29, 0.717) is 28.5 Å². The summed E-state index contributed by atoms with van der Waals surface area (Å²) >= 11 is 0. The molecule has 2 heterocycles. The Balaban J connectivity index is 1.84. The fourth-order valence-corrected chi connectivity index (χ4v) is 3.46. The highest BCUT2D eigenvalue weighted by molar-refractivity contribution is 6.06. The largest absolute Gasteiger partial charge is 0.328 e. The molecule has 146 valence electrons. The van der Waals surface area contributed by atoms with Gasteiger partial charge >= 0.3 is 0 Å². The Kier molecular flexibility index (Phi) is 4.55. The molecule has 0 aliphatic carbocycles. The van der Waals surface area contributed by atoms with Gasteiger partial charge in [0.2, 0.25) is 5.95 Å². The summed E-state index contributed by atoms with van der Waals surface area (Å²) in [5, 5.41) is 21.8. The van der Waals surface area contributed by atoms with Crippen LogP contribution < -0.4 is 10.6 Å². The molecule has 29 heavy (non-hydrogen) atoms. The number of para-hydroxylation sites is 2. The van der Waals surface area contributed by atoms with Gasteiger partial charge in [-0.2, -0.15) is 10.1 Å². The second-order valence-corrected chi connectivity index (χ2v) is 6.68. The van der Waals surface area contributed by atoms with Crippen LogP contribution in [0.1, 0.15) is 24.1 Å². The Morgan fingerprint density at radius 1 is 1.17 bits per heavy atom. The number of amides is 1. The summed E-state index contributed by atoms with van der Waals surface area (Å²) in [4.78, 5) is 28.6. The van der Waals surface area contributed by atoms with Crippen LogP contribution in [0.15, 0.2) is 66.1 Å². The number of nitro groups is 1. The van der Waals surface area contributed by atoms with E-state index in [-0.39, 0.29) is 11.6 Å². The molecule has 3 aromatic rings. The summed E-state index contributed by atoms with van der Waals surface area (Å²) < 4.78 is 1.49. The maximum absolute atomic E-state index is 13.3. The Morgan fingerprint density at radius 3 is 2.66 bits per heavy atom. The van der Waals surface area contributed by atoms with Crippen molar-refractivity contribution in [2.24, 2.45) is 0 Å². The highest BCUT2D eigenvalue weighted by atomic mass is 16.6. The zero-order valence-corrected chi connectivity index (χ0v) is 15.8. The molecule has 0 spiro atoms. The molecule has 0 radical (unpaired) electrons. The number of carbonyl (C=O) groups is 1. The van der Waals surface area contributed by atoms with Crippen LogP contribution in [0, 0.1) is 17.0 Å². The number of nitrogens with zero attached hydrogens (tertiary/aromatic N) is 4. The molecular formula is C20H18N6O3. The van der Waals surface area contributed by atoms with Gasteiger partial charge in [0, 0.05) is 17.5 Å². The number of hydrogen-bond acceptors (Lipinski definition) is 6. The maximum atomic E-state index is 13.3. The smallest absolute Gasteiger partial charge is 0.275 e. The number of benzene rings is 2. The Morgan fingerprint density at radius 2 is 1.90 bits per heavy atom. The summed E-state index contributed by atoms with van der Waals surface area (Å²) in [6.07, 6.45) is 1.35. The third kappa shape index (κ3) is 3.22. The number of nitrogens with one attached hydrogen (secondary N) is 2. The molecule has 1 atom stereocenters. The van der Waals surface area contributed by atoms with Gasteiger partial charge in [-0.3, -0.25) is 14.9 Å². The molecule has 2 aromatic carbocycles. The van der Waals surface area contributed by atoms with E-state index in [2.05, 4.69) is 20.7 Å². The predicted molar refractivity (Wildman–Crippen MR) is 107 cm³/mol. The molecule has 1 amide bonds. The number of aryl methyl sites for hydroxylation is 1. The summed E-state index contributed by atoms with van der Waals surface area (Å²) in [7, 11) is 0. The van der Waals surface area contributed by atoms with Crippen LogP contribution >= 0.6 is 0 Å². The second-order valence-electron chi connectivity index (χ2n) is 6.68. The van der Waals surface area contributed by atoms with E-state index >= 15 is 0 Å². The van der Waals surface area contributed by atoms with Crippen molar-refractivity contribution in [2.45, 2.75) is 19.9 Å². The topological polar surface area (TPSA) is 115 Å². The lowest BCUT2D eigenvalue weighted by atomic mass is 9.93. The second kappa shape index (κ2) is 7.19. The van der Waals surface area contributed by atoms with Gasteiger partial charge in [0.1, 0.15) is 12.4 Å². The van der Waals surface area contributed by atoms with Gasteiger partial charge in [-0.25, -0.2) is 4.68 Å². The van der Waals surface area contributed by atoms with Crippen LogP contribution in [0.5, 0.6) is 0 Å². The minimum atomic E-state index is -0.792. The van der Waals surface area contributed by atoms with Crippen LogP contribution in [0.2, 0.25) is 0 Å². The van der Waals surface area contributed by atoms with Crippen molar-refractivity contribution in [1.82, 2.24) is 14.8 Å². The molecule has 1 unspecified atom stereocenters. The van der Waals surface area contributed by atoms with E-state index in [4.69, 9.17) is 0 Å². The van der Waals surface area contributed by atoms with Crippen LogP contribution in [-0.4, -0.2) is 25.6 Å². The van der Waals surface area contributed by atoms with E-state index in [9.17, 15) is 14.9 Å². The molecule has 0 fully saturated rings. The quantitative estimate of drug-likeness (QED) is 0.521. The molecule has 0 bridgehead atoms. The molecule has 9 heteroatoms. The van der Waals surface area contributed by atoms with E-state index in [1.165, 1.54) is 17.1 Å². The standard InChI is InChI=1S/C20H18N6O3/c1-12-7-3-5-9-15(12)24-19(27)17-13(2)23-20-21-11-22-25(20)18(17)14-8-4-6-10-16(14)26(28)29/h3-11,18H,1-2H3,(H,24,27)(H,21,22,23). The van der Waals surface area contributed by atoms with Gasteiger partial charge in [0.25, 0.3) is 11.6 Å². The lowest BCUT2D eigenvalue weighted by Crippen LogP contribution is -2.32. The summed E-state index contributed by atoms with van der Waals surface area (Å²) in [6.45, 7) is 3.64. The van der Waals surface area contributed by atoms with Crippen molar-refractivity contribution >= 4 is 23.2 Å². The zero-order chi connectivity index (χ0) is 20.5. The van der Waals surface area contributed by atoms with E-state index in [0.717, 1.165) is 5.56 Å². The van der Waals surface area contributed by atoms with Gasteiger partial charge in [0.15, 0.2) is 0 Å². The fourth-order valence-electron chi connectivity index (χ4n) is 3.46. The Hall–Kier alpha value is -4.01. The Labute approximate surface area is 166 Å². The monoisotopic (exact) mass is 390 g/mol. The predicted octanol–water partition coefficient (Wildman–Crippen LogP) is 3.42. The molecule has 0 saturated heterocycles. The molecule has 9 nitrogen and oxygen atoms in total. The minimum Gasteiger partial charge on any atom is -0.328 e. The van der Waals surface area contributed by atoms with Gasteiger partial charge < -0.3 is 10.6 Å². The highest BCUT2D eigenvalue weighted by Gasteiger charge is 2.37. The third-order valence-corrected chi connectivity index (χ3v) is 4.86. The van der Waals surface area contributed by atoms with Gasteiger partial charge in [-0.1, -0.05) is 30.3 Å². The van der Waals surface area contributed by atoms with Gasteiger partial charge in [-0.05, 0) is 31.5 Å². The van der Waals surface area contributed by atoms with Crippen molar-refractivity contribution in [3.63, 3.8) is 0 Å². The van der Waals surface area contributed by atoms with Crippen molar-refractivity contribution in [2.75, 3.05) is 10.6 Å². The number of anilines is 2. The van der Waals surface area contributed by atoms with E-state index in [1.807, 2.05) is 25.1 Å². The fraction of sp³-hybridized carbons (Fsp3) is 0.150. The molecule has 4 rings (SSSR count). The number of nitro benzene ring substituents is 1. The van der Waals surface area contributed by atoms with Crippen molar-refractivity contribution in [1.29, 1.82) is 0 Å². The SMILES string of the molecule is CC1=C(C(=O)Nc2ccccc2C)C(c2ccccc2[N+](=O)[O-])n2ncnc2N1. The number of aromatic nitrogens is 3. The summed E-state index contributed by atoms with van der Waals surface area (Å²) in [5.41, 5.74) is 2.74. The molecule has 2 N–H and O–H groups in total. The van der Waals surface area contributed by atoms with E-state index < -0.39 is 11.0 Å². The molecule has 0 saturated carbocycles. The maximum Gasteiger partial charge on any atom is 0.275 e. The number of fused-ring (bicyclic) bond motifs is 1. The normalized spacial score (nSPS) is 15.4. The lowest BCUT2D eigenvalue weighted by Gasteiger charge is -2.28. The molecule has 1 aromatic heterocycles. The first-order chi connectivity index (χ1) is 14.0. The zero-order valence-electron chi connectivity index (χ0n) is 15.8. The first-order valence-corrected chi connectivity index (χ1v) is 8.95. The average molecular weight is 390 g/mol. The van der Waals surface area contributed by atoms with Crippen LogP contribution in [0.3, 0.4) is 0 Å². The molecule has 1 aliphatic heterocycles. The van der Waals surface area contributed by atoms with Crippen LogP contribution in [0.4, 0.5) is 17.3 Å². The molecular weight excluding hydrogens is 372 g/mol. The third-order valence-electron chi connectivity index (χ3n) is 4.86. The van der Waals surface area contributed by atoms with E-state index in [1.54, 1.807) is 31.2 Å².